The van der Waals surface area contributed by atoms with Crippen molar-refractivity contribution < 1.29 is 9.53 Å². The molecule has 32 heavy (non-hydrogen) atoms. The molecule has 7 heteroatoms. The molecule has 0 saturated heterocycles. The topological polar surface area (TPSA) is 62.1 Å². The number of nitrogens with zero attached hydrogens (tertiary/aromatic N) is 1. The normalized spacial score (nSPS) is 12.0. The van der Waals surface area contributed by atoms with Crippen molar-refractivity contribution in [2.75, 3.05) is 0 Å². The zero-order valence-corrected chi connectivity index (χ0v) is 19.4. The van der Waals surface area contributed by atoms with Crippen molar-refractivity contribution in [1.29, 1.82) is 5.26 Å². The first-order chi connectivity index (χ1) is 15.4. The predicted molar refractivity (Wildman–Crippen MR) is 129 cm³/mol. The molecule has 0 unspecified atom stereocenters. The van der Waals surface area contributed by atoms with Gasteiger partial charge in [0.15, 0.2) is 5.75 Å². The van der Waals surface area contributed by atoms with Crippen molar-refractivity contribution in [3.8, 4) is 11.8 Å². The Morgan fingerprint density at radius 1 is 1.06 bits per heavy atom. The molecule has 1 atom stereocenters. The van der Waals surface area contributed by atoms with Gasteiger partial charge in [0.25, 0.3) is 5.91 Å². The molecule has 1 N–H and O–H groups in total. The molecule has 162 valence electrons. The van der Waals surface area contributed by atoms with Gasteiger partial charge in [0, 0.05) is 5.02 Å². The van der Waals surface area contributed by atoms with E-state index in [9.17, 15) is 10.1 Å². The van der Waals surface area contributed by atoms with E-state index in [1.165, 1.54) is 6.08 Å². The number of nitriles is 1. The van der Waals surface area contributed by atoms with Gasteiger partial charge in [-0.15, -0.1) is 0 Å². The molecule has 3 aromatic rings. The fourth-order valence-electron chi connectivity index (χ4n) is 2.95. The summed E-state index contributed by atoms with van der Waals surface area (Å²) in [4.78, 5) is 12.6. The number of halogens is 3. The molecular weight excluding hydrogens is 467 g/mol. The van der Waals surface area contributed by atoms with Crippen molar-refractivity contribution in [3.63, 3.8) is 0 Å². The second-order valence-electron chi connectivity index (χ2n) is 7.00. The van der Waals surface area contributed by atoms with Crippen LogP contribution in [0.15, 0.2) is 72.3 Å². The van der Waals surface area contributed by atoms with Gasteiger partial charge in [-0.05, 0) is 54.0 Å². The molecule has 0 aliphatic heterocycles. The summed E-state index contributed by atoms with van der Waals surface area (Å²) in [6.45, 7) is 2.11. The molecule has 0 aliphatic rings. The van der Waals surface area contributed by atoms with E-state index in [0.29, 0.717) is 16.3 Å². The molecule has 1 amide bonds. The maximum absolute atomic E-state index is 12.6. The summed E-state index contributed by atoms with van der Waals surface area (Å²) in [6, 6.07) is 21.6. The molecule has 0 aliphatic carbocycles. The maximum Gasteiger partial charge on any atom is 0.262 e. The van der Waals surface area contributed by atoms with Crippen LogP contribution in [0, 0.1) is 11.3 Å². The summed E-state index contributed by atoms with van der Waals surface area (Å²) in [7, 11) is 0. The first kappa shape index (κ1) is 23.7. The molecule has 0 aromatic heterocycles. The highest BCUT2D eigenvalue weighted by molar-refractivity contribution is 6.37. The fourth-order valence-corrected chi connectivity index (χ4v) is 3.69. The molecule has 0 radical (unpaired) electrons. The second kappa shape index (κ2) is 11.1. The van der Waals surface area contributed by atoms with Crippen molar-refractivity contribution in [2.45, 2.75) is 19.6 Å². The van der Waals surface area contributed by atoms with Gasteiger partial charge in [0.1, 0.15) is 18.2 Å². The van der Waals surface area contributed by atoms with E-state index in [1.54, 1.807) is 24.3 Å². The number of amides is 1. The summed E-state index contributed by atoms with van der Waals surface area (Å²) < 4.78 is 5.76. The van der Waals surface area contributed by atoms with Gasteiger partial charge in [-0.2, -0.15) is 5.26 Å². The SMILES string of the molecule is C[C@@H](NC(=O)/C(C#N)=C\c1cc(Cl)c(OCc2ccc(Cl)cc2)c(Cl)c1)c1ccccc1. The quantitative estimate of drug-likeness (QED) is 0.289. The summed E-state index contributed by atoms with van der Waals surface area (Å²) in [6.07, 6.45) is 1.44. The first-order valence-electron chi connectivity index (χ1n) is 9.71. The lowest BCUT2D eigenvalue weighted by molar-refractivity contribution is -0.117. The Balaban J connectivity index is 1.74. The predicted octanol–water partition coefficient (Wildman–Crippen LogP) is 7.01. The number of carbonyl (C=O) groups excluding carboxylic acids is 1. The minimum Gasteiger partial charge on any atom is -0.486 e. The number of rotatable bonds is 7. The Bertz CT molecular complexity index is 1150. The third-order valence-corrected chi connectivity index (χ3v) is 5.45. The van der Waals surface area contributed by atoms with Gasteiger partial charge in [0.05, 0.1) is 16.1 Å². The summed E-state index contributed by atoms with van der Waals surface area (Å²) in [5, 5.41) is 13.5. The number of benzene rings is 3. The number of carbonyl (C=O) groups is 1. The molecule has 0 fully saturated rings. The van der Waals surface area contributed by atoms with Crippen LogP contribution < -0.4 is 10.1 Å². The zero-order chi connectivity index (χ0) is 23.1. The maximum atomic E-state index is 12.6. The zero-order valence-electron chi connectivity index (χ0n) is 17.1. The van der Waals surface area contributed by atoms with Crippen LogP contribution in [-0.2, 0) is 11.4 Å². The Morgan fingerprint density at radius 2 is 1.69 bits per heavy atom. The van der Waals surface area contributed by atoms with Gasteiger partial charge in [-0.3, -0.25) is 4.79 Å². The molecular formula is C25H19Cl3N2O2. The average molecular weight is 486 g/mol. The van der Waals surface area contributed by atoms with E-state index in [2.05, 4.69) is 5.32 Å². The average Bonchev–Trinajstić information content (AvgIpc) is 2.78. The third kappa shape index (κ3) is 6.27. The highest BCUT2D eigenvalue weighted by atomic mass is 35.5. The van der Waals surface area contributed by atoms with E-state index >= 15 is 0 Å². The first-order valence-corrected chi connectivity index (χ1v) is 10.8. The molecule has 0 spiro atoms. The number of hydrogen-bond donors (Lipinski definition) is 1. The molecule has 0 heterocycles. The van der Waals surface area contributed by atoms with Gasteiger partial charge in [0.2, 0.25) is 0 Å². The van der Waals surface area contributed by atoms with Crippen molar-refractivity contribution in [2.24, 2.45) is 0 Å². The minimum absolute atomic E-state index is 0.0604. The summed E-state index contributed by atoms with van der Waals surface area (Å²) >= 11 is 18.6. The van der Waals surface area contributed by atoms with Crippen LogP contribution in [0.25, 0.3) is 6.08 Å². The lowest BCUT2D eigenvalue weighted by atomic mass is 10.1. The van der Waals surface area contributed by atoms with Gasteiger partial charge in [-0.1, -0.05) is 77.3 Å². The monoisotopic (exact) mass is 484 g/mol. The number of ether oxygens (including phenoxy) is 1. The lowest BCUT2D eigenvalue weighted by Gasteiger charge is -2.14. The highest BCUT2D eigenvalue weighted by Gasteiger charge is 2.15. The van der Waals surface area contributed by atoms with Gasteiger partial charge >= 0.3 is 0 Å². The van der Waals surface area contributed by atoms with Crippen LogP contribution >= 0.6 is 34.8 Å². The van der Waals surface area contributed by atoms with Crippen LogP contribution in [0.4, 0.5) is 0 Å². The van der Waals surface area contributed by atoms with Crippen LogP contribution in [0.1, 0.15) is 29.7 Å². The smallest absolute Gasteiger partial charge is 0.262 e. The minimum atomic E-state index is -0.487. The Hall–Kier alpha value is -2.97. The van der Waals surface area contributed by atoms with E-state index in [4.69, 9.17) is 39.5 Å². The van der Waals surface area contributed by atoms with Gasteiger partial charge in [-0.25, -0.2) is 0 Å². The highest BCUT2D eigenvalue weighted by Crippen LogP contribution is 2.35. The number of nitrogens with one attached hydrogen (secondary N) is 1. The molecule has 0 bridgehead atoms. The Kier molecular flexibility index (Phi) is 8.19. The summed E-state index contributed by atoms with van der Waals surface area (Å²) in [5.41, 5.74) is 2.29. The standard InChI is InChI=1S/C25H19Cl3N2O2/c1-16(19-5-3-2-4-6-19)30-25(31)20(14-29)11-18-12-22(27)24(23(28)13-18)32-15-17-7-9-21(26)10-8-17/h2-13,16H,15H2,1H3,(H,30,31)/b20-11-/t16-/m1/s1. The van der Waals surface area contributed by atoms with E-state index in [-0.39, 0.29) is 28.3 Å². The largest absolute Gasteiger partial charge is 0.486 e. The fraction of sp³-hybridized carbons (Fsp3) is 0.120. The molecule has 3 aromatic carbocycles. The Labute approximate surface area is 202 Å². The van der Waals surface area contributed by atoms with Crippen LogP contribution in [0.3, 0.4) is 0 Å². The van der Waals surface area contributed by atoms with E-state index < -0.39 is 5.91 Å². The van der Waals surface area contributed by atoms with Crippen LogP contribution in [0.5, 0.6) is 5.75 Å². The number of hydrogen-bond acceptors (Lipinski definition) is 3. The molecule has 4 nitrogen and oxygen atoms in total. The van der Waals surface area contributed by atoms with Crippen LogP contribution in [0.2, 0.25) is 15.1 Å². The lowest BCUT2D eigenvalue weighted by Crippen LogP contribution is -2.27. The van der Waals surface area contributed by atoms with Crippen molar-refractivity contribution in [1.82, 2.24) is 5.32 Å². The summed E-state index contributed by atoms with van der Waals surface area (Å²) in [5.74, 6) is -0.166. The van der Waals surface area contributed by atoms with Crippen LogP contribution in [-0.4, -0.2) is 5.91 Å². The molecule has 0 saturated carbocycles. The molecule has 3 rings (SSSR count). The van der Waals surface area contributed by atoms with E-state index in [1.807, 2.05) is 55.5 Å². The second-order valence-corrected chi connectivity index (χ2v) is 8.26. The van der Waals surface area contributed by atoms with E-state index in [0.717, 1.165) is 11.1 Å². The van der Waals surface area contributed by atoms with Gasteiger partial charge < -0.3 is 10.1 Å². The van der Waals surface area contributed by atoms with Crippen molar-refractivity contribution >= 4 is 46.8 Å². The Morgan fingerprint density at radius 3 is 2.28 bits per heavy atom. The van der Waals surface area contributed by atoms with Crippen molar-refractivity contribution in [3.05, 3.63) is 104 Å². The third-order valence-electron chi connectivity index (χ3n) is 4.64.